The van der Waals surface area contributed by atoms with E-state index in [0.29, 0.717) is 15.6 Å². The van der Waals surface area contributed by atoms with Crippen molar-refractivity contribution in [2.75, 3.05) is 0 Å². The van der Waals surface area contributed by atoms with E-state index in [-0.39, 0.29) is 0 Å². The molecule has 2 aromatic carbocycles. The van der Waals surface area contributed by atoms with E-state index in [1.54, 1.807) is 18.2 Å². The topological polar surface area (TPSA) is 20.2 Å². The Bertz CT molecular complexity index is 620. The second-order valence-electron chi connectivity index (χ2n) is 4.84. The number of aliphatic hydroxyl groups excluding tert-OH is 1. The fourth-order valence-electron chi connectivity index (χ4n) is 2.18. The normalized spacial score (nSPS) is 12.5. The standard InChI is InChI=1S/C16H16Cl2O/c1-9-7-11(3)13(8-10(9)2)16(19)12-5-4-6-14(17)15(12)18/h4-8,16,19H,1-3H3. The SMILES string of the molecule is Cc1cc(C)c(C(O)c2cccc(Cl)c2Cl)cc1C. The predicted octanol–water partition coefficient (Wildman–Crippen LogP) is 5.00. The molecule has 0 aliphatic rings. The van der Waals surface area contributed by atoms with Crippen LogP contribution in [0.3, 0.4) is 0 Å². The molecule has 100 valence electrons. The average molecular weight is 295 g/mol. The largest absolute Gasteiger partial charge is 0.384 e. The summed E-state index contributed by atoms with van der Waals surface area (Å²) in [4.78, 5) is 0. The molecule has 0 aromatic heterocycles. The lowest BCUT2D eigenvalue weighted by molar-refractivity contribution is 0.219. The molecule has 0 aliphatic carbocycles. The molecule has 19 heavy (non-hydrogen) atoms. The summed E-state index contributed by atoms with van der Waals surface area (Å²) in [6.07, 6.45) is -0.759. The van der Waals surface area contributed by atoms with Crippen molar-refractivity contribution < 1.29 is 5.11 Å². The maximum Gasteiger partial charge on any atom is 0.106 e. The Morgan fingerprint density at radius 1 is 0.895 bits per heavy atom. The molecule has 0 radical (unpaired) electrons. The Morgan fingerprint density at radius 2 is 1.53 bits per heavy atom. The van der Waals surface area contributed by atoms with Crippen LogP contribution < -0.4 is 0 Å². The van der Waals surface area contributed by atoms with Gasteiger partial charge in [-0.3, -0.25) is 0 Å². The molecule has 0 aliphatic heterocycles. The third kappa shape index (κ3) is 2.79. The molecule has 0 heterocycles. The van der Waals surface area contributed by atoms with Gasteiger partial charge in [-0.15, -0.1) is 0 Å². The van der Waals surface area contributed by atoms with Gasteiger partial charge in [-0.2, -0.15) is 0 Å². The van der Waals surface area contributed by atoms with Crippen molar-refractivity contribution in [3.8, 4) is 0 Å². The first-order chi connectivity index (χ1) is 8.91. The number of halogens is 2. The quantitative estimate of drug-likeness (QED) is 0.826. The van der Waals surface area contributed by atoms with Crippen LogP contribution in [0.1, 0.15) is 33.9 Å². The van der Waals surface area contributed by atoms with Gasteiger partial charge in [0.15, 0.2) is 0 Å². The molecule has 1 atom stereocenters. The molecule has 0 saturated heterocycles. The van der Waals surface area contributed by atoms with Gasteiger partial charge >= 0.3 is 0 Å². The van der Waals surface area contributed by atoms with Crippen LogP contribution in [0.15, 0.2) is 30.3 Å². The molecule has 1 unspecified atom stereocenters. The van der Waals surface area contributed by atoms with E-state index in [9.17, 15) is 5.11 Å². The molecule has 0 saturated carbocycles. The van der Waals surface area contributed by atoms with Crippen molar-refractivity contribution >= 4 is 23.2 Å². The number of aliphatic hydroxyl groups is 1. The highest BCUT2D eigenvalue weighted by atomic mass is 35.5. The van der Waals surface area contributed by atoms with Crippen molar-refractivity contribution in [2.45, 2.75) is 26.9 Å². The number of hydrogen-bond donors (Lipinski definition) is 1. The van der Waals surface area contributed by atoms with Gasteiger partial charge in [0, 0.05) is 5.56 Å². The molecule has 3 heteroatoms. The first-order valence-electron chi connectivity index (χ1n) is 6.11. The van der Waals surface area contributed by atoms with Crippen LogP contribution in [0.25, 0.3) is 0 Å². The Balaban J connectivity index is 2.53. The first-order valence-corrected chi connectivity index (χ1v) is 6.87. The first kappa shape index (κ1) is 14.4. The number of benzene rings is 2. The lowest BCUT2D eigenvalue weighted by Crippen LogP contribution is -2.04. The van der Waals surface area contributed by atoms with Gasteiger partial charge in [-0.25, -0.2) is 0 Å². The number of rotatable bonds is 2. The molecule has 2 rings (SSSR count). The summed E-state index contributed by atoms with van der Waals surface area (Å²) in [5, 5.41) is 11.4. The van der Waals surface area contributed by atoms with Crippen molar-refractivity contribution in [1.82, 2.24) is 0 Å². The van der Waals surface area contributed by atoms with Gasteiger partial charge in [0.2, 0.25) is 0 Å². The second kappa shape index (κ2) is 5.54. The van der Waals surface area contributed by atoms with Gasteiger partial charge in [0.05, 0.1) is 10.0 Å². The van der Waals surface area contributed by atoms with Gasteiger partial charge < -0.3 is 5.11 Å². The minimum absolute atomic E-state index is 0.411. The highest BCUT2D eigenvalue weighted by Gasteiger charge is 2.18. The Labute approximate surface area is 123 Å². The summed E-state index contributed by atoms with van der Waals surface area (Å²) in [7, 11) is 0. The van der Waals surface area contributed by atoms with E-state index in [4.69, 9.17) is 23.2 Å². The maximum atomic E-state index is 10.6. The molecule has 1 nitrogen and oxygen atoms in total. The van der Waals surface area contributed by atoms with Crippen molar-refractivity contribution in [3.05, 3.63) is 68.2 Å². The molecule has 0 fully saturated rings. The van der Waals surface area contributed by atoms with Crippen LogP contribution in [0.5, 0.6) is 0 Å². The van der Waals surface area contributed by atoms with Crippen LogP contribution in [-0.2, 0) is 0 Å². The van der Waals surface area contributed by atoms with Gasteiger partial charge in [-0.1, -0.05) is 47.5 Å². The molecule has 1 N–H and O–H groups in total. The Morgan fingerprint density at radius 3 is 2.21 bits per heavy atom. The summed E-state index contributed by atoms with van der Waals surface area (Å²) >= 11 is 12.2. The average Bonchev–Trinajstić information content (AvgIpc) is 2.36. The van der Waals surface area contributed by atoms with E-state index >= 15 is 0 Å². The molecule has 0 amide bonds. The number of aryl methyl sites for hydroxylation is 3. The van der Waals surface area contributed by atoms with E-state index in [1.807, 2.05) is 19.9 Å². The van der Waals surface area contributed by atoms with Crippen molar-refractivity contribution in [1.29, 1.82) is 0 Å². The van der Waals surface area contributed by atoms with Crippen LogP contribution in [0.2, 0.25) is 10.0 Å². The minimum Gasteiger partial charge on any atom is -0.384 e. The second-order valence-corrected chi connectivity index (χ2v) is 5.62. The Hall–Kier alpha value is -1.02. The summed E-state index contributed by atoms with van der Waals surface area (Å²) in [6.45, 7) is 6.08. The van der Waals surface area contributed by atoms with Gasteiger partial charge in [-0.05, 0) is 49.1 Å². The fourth-order valence-corrected chi connectivity index (χ4v) is 2.59. The molecule has 2 aromatic rings. The van der Waals surface area contributed by atoms with E-state index < -0.39 is 6.10 Å². The summed E-state index contributed by atoms with van der Waals surface area (Å²) < 4.78 is 0. The third-order valence-electron chi connectivity index (χ3n) is 3.45. The highest BCUT2D eigenvalue weighted by Crippen LogP contribution is 2.34. The maximum absolute atomic E-state index is 10.6. The van der Waals surface area contributed by atoms with Crippen LogP contribution in [-0.4, -0.2) is 5.11 Å². The summed E-state index contributed by atoms with van der Waals surface area (Å²) in [5.41, 5.74) is 4.92. The fraction of sp³-hybridized carbons (Fsp3) is 0.250. The van der Waals surface area contributed by atoms with E-state index in [2.05, 4.69) is 13.0 Å². The Kier molecular flexibility index (Phi) is 4.19. The van der Waals surface area contributed by atoms with Gasteiger partial charge in [0.25, 0.3) is 0 Å². The molecule has 0 bridgehead atoms. The van der Waals surface area contributed by atoms with Crippen LogP contribution in [0.4, 0.5) is 0 Å². The van der Waals surface area contributed by atoms with Crippen molar-refractivity contribution in [3.63, 3.8) is 0 Å². The van der Waals surface area contributed by atoms with E-state index in [0.717, 1.165) is 16.7 Å². The smallest absolute Gasteiger partial charge is 0.106 e. The minimum atomic E-state index is -0.759. The summed E-state index contributed by atoms with van der Waals surface area (Å²) in [5.74, 6) is 0. The zero-order valence-corrected chi connectivity index (χ0v) is 12.7. The van der Waals surface area contributed by atoms with Crippen LogP contribution >= 0.6 is 23.2 Å². The van der Waals surface area contributed by atoms with E-state index in [1.165, 1.54) is 5.56 Å². The number of hydrogen-bond acceptors (Lipinski definition) is 1. The third-order valence-corrected chi connectivity index (χ3v) is 4.29. The zero-order valence-electron chi connectivity index (χ0n) is 11.2. The monoisotopic (exact) mass is 294 g/mol. The van der Waals surface area contributed by atoms with Crippen molar-refractivity contribution in [2.24, 2.45) is 0 Å². The summed E-state index contributed by atoms with van der Waals surface area (Å²) in [6, 6.07) is 9.39. The van der Waals surface area contributed by atoms with Gasteiger partial charge in [0.1, 0.15) is 6.10 Å². The highest BCUT2D eigenvalue weighted by molar-refractivity contribution is 6.42. The predicted molar refractivity (Wildman–Crippen MR) is 81.2 cm³/mol. The molecular formula is C16H16Cl2O. The molecule has 0 spiro atoms. The van der Waals surface area contributed by atoms with Crippen LogP contribution in [0, 0.1) is 20.8 Å². The molecular weight excluding hydrogens is 279 g/mol. The lowest BCUT2D eigenvalue weighted by Gasteiger charge is -2.18. The zero-order chi connectivity index (χ0) is 14.2. The lowest BCUT2D eigenvalue weighted by atomic mass is 9.93.